The van der Waals surface area contributed by atoms with Crippen LogP contribution in [0.25, 0.3) is 5.76 Å². The molecular formula is C22H17FN2O5. The van der Waals surface area contributed by atoms with Crippen molar-refractivity contribution in [3.8, 4) is 5.75 Å². The Balaban J connectivity index is 1.88. The fourth-order valence-corrected chi connectivity index (χ4v) is 3.48. The molecule has 1 N–H and O–H groups in total. The molecule has 3 heterocycles. The number of ether oxygens (including phenoxy) is 1. The van der Waals surface area contributed by atoms with Gasteiger partial charge in [0.25, 0.3) is 11.7 Å². The Labute approximate surface area is 171 Å². The average molecular weight is 408 g/mol. The predicted octanol–water partition coefficient (Wildman–Crippen LogP) is 3.44. The number of halogens is 1. The highest BCUT2D eigenvalue weighted by Gasteiger charge is 2.47. The summed E-state index contributed by atoms with van der Waals surface area (Å²) in [7, 11) is 1.36. The molecule has 0 bridgehead atoms. The molecule has 3 aromatic rings. The Bertz CT molecular complexity index is 1130. The number of hydrogen-bond acceptors (Lipinski definition) is 6. The third-order valence-corrected chi connectivity index (χ3v) is 4.87. The number of methoxy groups -OCH3 is 1. The molecule has 0 radical (unpaired) electrons. The highest BCUT2D eigenvalue weighted by molar-refractivity contribution is 6.46. The summed E-state index contributed by atoms with van der Waals surface area (Å²) in [5.41, 5.74) is 0.510. The first kappa shape index (κ1) is 19.4. The van der Waals surface area contributed by atoms with Crippen LogP contribution in [0.4, 0.5) is 4.39 Å². The molecule has 30 heavy (non-hydrogen) atoms. The smallest absolute Gasteiger partial charge is 0.296 e. The van der Waals surface area contributed by atoms with Gasteiger partial charge in [-0.25, -0.2) is 4.39 Å². The normalized spacial score (nSPS) is 18.1. The standard InChI is InChI=1S/C22H17FN2O5/c1-29-16-5-4-14(23)11-15(16)20(26)18-19(17-3-2-10-30-17)25(22(28)21(18)27)12-13-6-8-24-9-7-13/h2-11,19,26H,12H2,1H3/b20-18-. The second-order valence-corrected chi connectivity index (χ2v) is 6.64. The van der Waals surface area contributed by atoms with Crippen molar-refractivity contribution in [1.29, 1.82) is 0 Å². The lowest BCUT2D eigenvalue weighted by molar-refractivity contribution is -0.140. The number of hydrogen-bond donors (Lipinski definition) is 1. The molecule has 1 aliphatic heterocycles. The largest absolute Gasteiger partial charge is 0.507 e. The molecule has 1 atom stereocenters. The summed E-state index contributed by atoms with van der Waals surface area (Å²) in [6.45, 7) is 0.0928. The van der Waals surface area contributed by atoms with Crippen molar-refractivity contribution >= 4 is 17.4 Å². The zero-order valence-electron chi connectivity index (χ0n) is 15.9. The quantitative estimate of drug-likeness (QED) is 0.395. The first-order chi connectivity index (χ1) is 14.5. The number of rotatable bonds is 5. The van der Waals surface area contributed by atoms with Crippen molar-refractivity contribution in [1.82, 2.24) is 9.88 Å². The van der Waals surface area contributed by atoms with Crippen LogP contribution in [0, 0.1) is 5.82 Å². The molecule has 1 aliphatic rings. The Morgan fingerprint density at radius 3 is 2.67 bits per heavy atom. The maximum Gasteiger partial charge on any atom is 0.296 e. The Kier molecular flexibility index (Phi) is 5.05. The summed E-state index contributed by atoms with van der Waals surface area (Å²) in [5, 5.41) is 11.0. The number of likely N-dealkylation sites (tertiary alicyclic amines) is 1. The van der Waals surface area contributed by atoms with E-state index >= 15 is 0 Å². The number of benzene rings is 1. The Hall–Kier alpha value is -3.94. The predicted molar refractivity (Wildman–Crippen MR) is 104 cm³/mol. The minimum absolute atomic E-state index is 0.0315. The zero-order valence-corrected chi connectivity index (χ0v) is 15.9. The van der Waals surface area contributed by atoms with Gasteiger partial charge in [0.2, 0.25) is 0 Å². The van der Waals surface area contributed by atoms with Gasteiger partial charge in [0.1, 0.15) is 29.1 Å². The van der Waals surface area contributed by atoms with Gasteiger partial charge in [-0.15, -0.1) is 0 Å². The number of aromatic nitrogens is 1. The number of carbonyl (C=O) groups is 2. The number of amides is 1. The maximum atomic E-state index is 13.9. The van der Waals surface area contributed by atoms with Crippen LogP contribution < -0.4 is 4.74 Å². The number of aliphatic hydroxyl groups is 1. The fraction of sp³-hybridized carbons (Fsp3) is 0.136. The fourth-order valence-electron chi connectivity index (χ4n) is 3.48. The molecule has 152 valence electrons. The van der Waals surface area contributed by atoms with Crippen LogP contribution in [-0.2, 0) is 16.1 Å². The average Bonchev–Trinajstić information content (AvgIpc) is 3.37. The van der Waals surface area contributed by atoms with Crippen molar-refractivity contribution < 1.29 is 28.2 Å². The lowest BCUT2D eigenvalue weighted by Gasteiger charge is -2.23. The van der Waals surface area contributed by atoms with Gasteiger partial charge >= 0.3 is 0 Å². The molecule has 1 unspecified atom stereocenters. The minimum atomic E-state index is -0.985. The molecular weight excluding hydrogens is 391 g/mol. The van der Waals surface area contributed by atoms with E-state index in [4.69, 9.17) is 9.15 Å². The topological polar surface area (TPSA) is 92.9 Å². The van der Waals surface area contributed by atoms with E-state index in [-0.39, 0.29) is 23.4 Å². The summed E-state index contributed by atoms with van der Waals surface area (Å²) in [5.74, 6) is -2.41. The van der Waals surface area contributed by atoms with E-state index in [1.54, 1.807) is 36.7 Å². The van der Waals surface area contributed by atoms with Crippen LogP contribution in [0.2, 0.25) is 0 Å². The van der Waals surface area contributed by atoms with Crippen molar-refractivity contribution in [3.63, 3.8) is 0 Å². The summed E-state index contributed by atoms with van der Waals surface area (Å²) >= 11 is 0. The van der Waals surface area contributed by atoms with E-state index in [9.17, 15) is 19.1 Å². The third kappa shape index (κ3) is 3.32. The number of pyridine rings is 1. The summed E-state index contributed by atoms with van der Waals surface area (Å²) in [6.07, 6.45) is 4.56. The van der Waals surface area contributed by atoms with E-state index in [1.807, 2.05) is 0 Å². The Morgan fingerprint density at radius 1 is 1.23 bits per heavy atom. The first-order valence-electron chi connectivity index (χ1n) is 9.06. The molecule has 0 spiro atoms. The second-order valence-electron chi connectivity index (χ2n) is 6.64. The second kappa shape index (κ2) is 7.82. The van der Waals surface area contributed by atoms with Crippen molar-refractivity contribution in [2.45, 2.75) is 12.6 Å². The van der Waals surface area contributed by atoms with Crippen LogP contribution in [0.1, 0.15) is 22.9 Å². The van der Waals surface area contributed by atoms with E-state index in [1.165, 1.54) is 30.4 Å². The van der Waals surface area contributed by atoms with Gasteiger partial charge < -0.3 is 19.2 Å². The van der Waals surface area contributed by atoms with Crippen LogP contribution >= 0.6 is 0 Å². The van der Waals surface area contributed by atoms with Gasteiger partial charge in [0.15, 0.2) is 0 Å². The first-order valence-corrected chi connectivity index (χ1v) is 9.06. The van der Waals surface area contributed by atoms with Crippen LogP contribution in [0.5, 0.6) is 5.75 Å². The van der Waals surface area contributed by atoms with Crippen molar-refractivity contribution in [2.24, 2.45) is 0 Å². The zero-order chi connectivity index (χ0) is 21.3. The van der Waals surface area contributed by atoms with Gasteiger partial charge in [-0.05, 0) is 48.0 Å². The monoisotopic (exact) mass is 408 g/mol. The molecule has 0 aliphatic carbocycles. The van der Waals surface area contributed by atoms with Crippen LogP contribution in [-0.4, -0.2) is 33.8 Å². The molecule has 1 fully saturated rings. The van der Waals surface area contributed by atoms with Crippen LogP contribution in [0.3, 0.4) is 0 Å². The molecule has 7 nitrogen and oxygen atoms in total. The number of Topliss-reactive ketones (excluding diaryl/α,β-unsaturated/α-hetero) is 1. The summed E-state index contributed by atoms with van der Waals surface area (Å²) in [4.78, 5) is 31.0. The Morgan fingerprint density at radius 2 is 2.00 bits per heavy atom. The molecule has 1 amide bonds. The maximum absolute atomic E-state index is 13.9. The number of furan rings is 1. The number of nitrogens with zero attached hydrogens (tertiary/aromatic N) is 2. The number of ketones is 1. The molecule has 1 aromatic carbocycles. The third-order valence-electron chi connectivity index (χ3n) is 4.87. The SMILES string of the molecule is COc1ccc(F)cc1/C(O)=C1/C(=O)C(=O)N(Cc2ccncc2)C1c1ccco1. The lowest BCUT2D eigenvalue weighted by Crippen LogP contribution is -2.29. The van der Waals surface area contributed by atoms with Gasteiger partial charge in [0, 0.05) is 18.9 Å². The summed E-state index contributed by atoms with van der Waals surface area (Å²) < 4.78 is 24.5. The van der Waals surface area contributed by atoms with Crippen molar-refractivity contribution in [3.05, 3.63) is 89.4 Å². The number of carbonyl (C=O) groups excluding carboxylic acids is 2. The molecule has 2 aromatic heterocycles. The van der Waals surface area contributed by atoms with Gasteiger partial charge in [-0.2, -0.15) is 0 Å². The van der Waals surface area contributed by atoms with E-state index in [0.717, 1.165) is 11.6 Å². The lowest BCUT2D eigenvalue weighted by atomic mass is 9.98. The van der Waals surface area contributed by atoms with E-state index in [2.05, 4.69) is 4.98 Å². The molecule has 0 saturated carbocycles. The van der Waals surface area contributed by atoms with Crippen LogP contribution in [0.15, 0.2) is 71.1 Å². The van der Waals surface area contributed by atoms with E-state index < -0.39 is 29.3 Å². The summed E-state index contributed by atoms with van der Waals surface area (Å²) in [6, 6.07) is 9.21. The minimum Gasteiger partial charge on any atom is -0.507 e. The molecule has 1 saturated heterocycles. The highest BCUT2D eigenvalue weighted by Crippen LogP contribution is 2.41. The van der Waals surface area contributed by atoms with E-state index in [0.29, 0.717) is 5.76 Å². The number of aliphatic hydroxyl groups excluding tert-OH is 1. The van der Waals surface area contributed by atoms with Gasteiger partial charge in [0.05, 0.1) is 24.5 Å². The van der Waals surface area contributed by atoms with Crippen molar-refractivity contribution in [2.75, 3.05) is 7.11 Å². The van der Waals surface area contributed by atoms with Gasteiger partial charge in [-0.1, -0.05) is 0 Å². The molecule has 8 heteroatoms. The molecule has 4 rings (SSSR count). The highest BCUT2D eigenvalue weighted by atomic mass is 19.1. The van der Waals surface area contributed by atoms with Gasteiger partial charge in [-0.3, -0.25) is 14.6 Å².